The van der Waals surface area contributed by atoms with Gasteiger partial charge in [-0.05, 0) is 40.5 Å². The van der Waals surface area contributed by atoms with E-state index in [1.807, 2.05) is 19.1 Å². The van der Waals surface area contributed by atoms with Crippen LogP contribution in [0.15, 0.2) is 34.9 Å². The van der Waals surface area contributed by atoms with Crippen LogP contribution in [0.2, 0.25) is 0 Å². The van der Waals surface area contributed by atoms with Crippen LogP contribution in [0.1, 0.15) is 40.5 Å². The summed E-state index contributed by atoms with van der Waals surface area (Å²) in [5, 5.41) is 0. The summed E-state index contributed by atoms with van der Waals surface area (Å²) in [5.74, 6) is 2.47. The van der Waals surface area contributed by atoms with Crippen LogP contribution < -0.4 is 0 Å². The molecule has 0 unspecified atom stereocenters. The molecule has 0 atom stereocenters. The van der Waals surface area contributed by atoms with Gasteiger partial charge in [0.2, 0.25) is 0 Å². The zero-order chi connectivity index (χ0) is 17.2. The lowest BCUT2D eigenvalue weighted by molar-refractivity contribution is 0.228. The quantitative estimate of drug-likeness (QED) is 0.442. The molecular formula is C14H26O6P2. The van der Waals surface area contributed by atoms with Crippen LogP contribution in [0, 0.1) is 0 Å². The second-order valence-corrected chi connectivity index (χ2v) is 8.09. The van der Waals surface area contributed by atoms with E-state index in [0.717, 1.165) is 11.4 Å². The summed E-state index contributed by atoms with van der Waals surface area (Å²) >= 11 is 0. The highest BCUT2D eigenvalue weighted by atomic mass is 31.2. The van der Waals surface area contributed by atoms with Crippen molar-refractivity contribution < 1.29 is 28.0 Å². The summed E-state index contributed by atoms with van der Waals surface area (Å²) in [7, 11) is -7.29. The molecule has 0 bridgehead atoms. The SMILES string of the molecule is CCOP(=O)(C=C(C)CC=CCC(C)=CP(=O)(O)O)OCC. The van der Waals surface area contributed by atoms with E-state index in [4.69, 9.17) is 18.8 Å². The van der Waals surface area contributed by atoms with Crippen LogP contribution >= 0.6 is 15.2 Å². The Kier molecular flexibility index (Phi) is 10.1. The lowest BCUT2D eigenvalue weighted by atomic mass is 10.2. The van der Waals surface area contributed by atoms with Crippen LogP contribution in [0.5, 0.6) is 0 Å². The van der Waals surface area contributed by atoms with Gasteiger partial charge >= 0.3 is 15.2 Å². The molecule has 0 heterocycles. The molecule has 0 aliphatic carbocycles. The normalized spacial score (nSPS) is 14.8. The van der Waals surface area contributed by atoms with Gasteiger partial charge in [0.05, 0.1) is 13.2 Å². The Bertz CT molecular complexity index is 505. The maximum Gasteiger partial charge on any atom is 0.354 e. The highest BCUT2D eigenvalue weighted by Gasteiger charge is 2.19. The third kappa shape index (κ3) is 11.1. The number of hydrogen-bond donors (Lipinski definition) is 2. The van der Waals surface area contributed by atoms with E-state index in [-0.39, 0.29) is 0 Å². The summed E-state index contributed by atoms with van der Waals surface area (Å²) in [6, 6.07) is 0. The minimum absolute atomic E-state index is 0.309. The zero-order valence-electron chi connectivity index (χ0n) is 13.6. The lowest BCUT2D eigenvalue weighted by Crippen LogP contribution is -1.93. The van der Waals surface area contributed by atoms with Gasteiger partial charge in [0.25, 0.3) is 0 Å². The summed E-state index contributed by atoms with van der Waals surface area (Å²) < 4.78 is 33.4. The standard InChI is InChI=1S/C14H26O6P2/c1-5-19-22(18,20-6-2)12-14(4)10-8-7-9-13(3)11-21(15,16)17/h7-8,11-12H,5-6,9-10H2,1-4H3,(H2,15,16,17). The van der Waals surface area contributed by atoms with Crippen molar-refractivity contribution in [1.29, 1.82) is 0 Å². The molecule has 0 amide bonds. The summed E-state index contributed by atoms with van der Waals surface area (Å²) in [4.78, 5) is 17.6. The van der Waals surface area contributed by atoms with Crippen molar-refractivity contribution in [2.24, 2.45) is 0 Å². The van der Waals surface area contributed by atoms with E-state index in [1.54, 1.807) is 20.8 Å². The fourth-order valence-electron chi connectivity index (χ4n) is 1.67. The van der Waals surface area contributed by atoms with Gasteiger partial charge in [0.1, 0.15) is 0 Å². The minimum Gasteiger partial charge on any atom is -0.321 e. The maximum atomic E-state index is 12.3. The molecule has 0 spiro atoms. The molecule has 8 heteroatoms. The Balaban J connectivity index is 4.60. The molecule has 0 saturated heterocycles. The molecule has 0 rings (SSSR count). The van der Waals surface area contributed by atoms with E-state index >= 15 is 0 Å². The van der Waals surface area contributed by atoms with Crippen molar-refractivity contribution in [1.82, 2.24) is 0 Å². The van der Waals surface area contributed by atoms with Crippen molar-refractivity contribution in [3.63, 3.8) is 0 Å². The van der Waals surface area contributed by atoms with Crippen LogP contribution in [-0.4, -0.2) is 23.0 Å². The fraction of sp³-hybridized carbons (Fsp3) is 0.571. The molecule has 6 nitrogen and oxygen atoms in total. The first-order valence-corrected chi connectivity index (χ1v) is 10.4. The first kappa shape index (κ1) is 21.5. The molecule has 0 aromatic heterocycles. The summed E-state index contributed by atoms with van der Waals surface area (Å²) in [5.41, 5.74) is 1.44. The Morgan fingerprint density at radius 2 is 1.32 bits per heavy atom. The van der Waals surface area contributed by atoms with E-state index in [0.29, 0.717) is 31.6 Å². The average molecular weight is 352 g/mol. The van der Waals surface area contributed by atoms with Gasteiger partial charge < -0.3 is 18.8 Å². The number of allylic oxidation sites excluding steroid dienone is 4. The molecule has 0 fully saturated rings. The number of rotatable bonds is 10. The van der Waals surface area contributed by atoms with Gasteiger partial charge in [-0.2, -0.15) is 0 Å². The van der Waals surface area contributed by atoms with Crippen LogP contribution in [0.3, 0.4) is 0 Å². The second kappa shape index (κ2) is 10.3. The molecule has 0 aliphatic rings. The van der Waals surface area contributed by atoms with E-state index in [2.05, 4.69) is 0 Å². The predicted octanol–water partition coefficient (Wildman–Crippen LogP) is 4.57. The molecular weight excluding hydrogens is 326 g/mol. The van der Waals surface area contributed by atoms with E-state index in [1.165, 1.54) is 5.82 Å². The van der Waals surface area contributed by atoms with Crippen LogP contribution in [-0.2, 0) is 18.2 Å². The monoisotopic (exact) mass is 352 g/mol. The van der Waals surface area contributed by atoms with Crippen molar-refractivity contribution in [3.8, 4) is 0 Å². The minimum atomic E-state index is -4.11. The van der Waals surface area contributed by atoms with Gasteiger partial charge in [-0.15, -0.1) is 0 Å². The Morgan fingerprint density at radius 1 is 0.909 bits per heavy atom. The largest absolute Gasteiger partial charge is 0.354 e. The van der Waals surface area contributed by atoms with Crippen LogP contribution in [0.4, 0.5) is 0 Å². The first-order chi connectivity index (χ1) is 10.1. The van der Waals surface area contributed by atoms with Crippen molar-refractivity contribution >= 4 is 15.2 Å². The van der Waals surface area contributed by atoms with E-state index in [9.17, 15) is 9.13 Å². The maximum absolute atomic E-state index is 12.3. The third-order valence-electron chi connectivity index (χ3n) is 2.43. The third-order valence-corrected chi connectivity index (χ3v) is 5.20. The van der Waals surface area contributed by atoms with E-state index < -0.39 is 15.2 Å². The molecule has 22 heavy (non-hydrogen) atoms. The highest BCUT2D eigenvalue weighted by molar-refractivity contribution is 7.57. The molecule has 128 valence electrons. The van der Waals surface area contributed by atoms with Crippen LogP contribution in [0.25, 0.3) is 0 Å². The van der Waals surface area contributed by atoms with Gasteiger partial charge in [-0.1, -0.05) is 23.3 Å². The summed E-state index contributed by atoms with van der Waals surface area (Å²) in [6.07, 6.45) is 4.68. The second-order valence-electron chi connectivity index (χ2n) is 4.80. The molecule has 2 N–H and O–H groups in total. The summed E-state index contributed by atoms with van der Waals surface area (Å²) in [6.45, 7) is 7.61. The van der Waals surface area contributed by atoms with Gasteiger partial charge in [-0.25, -0.2) is 0 Å². The molecule has 0 aliphatic heterocycles. The lowest BCUT2D eigenvalue weighted by Gasteiger charge is -2.13. The molecule has 0 saturated carbocycles. The van der Waals surface area contributed by atoms with Gasteiger partial charge in [-0.3, -0.25) is 9.13 Å². The first-order valence-electron chi connectivity index (χ1n) is 7.07. The van der Waals surface area contributed by atoms with Crippen molar-refractivity contribution in [3.05, 3.63) is 34.9 Å². The Hall–Kier alpha value is -0.480. The Labute approximate surface area is 132 Å². The fourth-order valence-corrected chi connectivity index (χ4v) is 3.94. The molecule has 0 aromatic carbocycles. The molecule has 0 aromatic rings. The predicted molar refractivity (Wildman–Crippen MR) is 88.8 cm³/mol. The average Bonchev–Trinajstić information content (AvgIpc) is 2.32. The van der Waals surface area contributed by atoms with Gasteiger partial charge in [0.15, 0.2) is 0 Å². The van der Waals surface area contributed by atoms with Gasteiger partial charge in [0, 0.05) is 11.6 Å². The highest BCUT2D eigenvalue weighted by Crippen LogP contribution is 2.50. The topological polar surface area (TPSA) is 93.1 Å². The smallest absolute Gasteiger partial charge is 0.321 e. The number of hydrogen-bond acceptors (Lipinski definition) is 4. The van der Waals surface area contributed by atoms with Crippen molar-refractivity contribution in [2.75, 3.05) is 13.2 Å². The Morgan fingerprint density at radius 3 is 1.68 bits per heavy atom. The van der Waals surface area contributed by atoms with Crippen molar-refractivity contribution in [2.45, 2.75) is 40.5 Å². The zero-order valence-corrected chi connectivity index (χ0v) is 15.3. The molecule has 0 radical (unpaired) electrons.